The first-order valence-corrected chi connectivity index (χ1v) is 7.14. The summed E-state index contributed by atoms with van der Waals surface area (Å²) in [5, 5.41) is 9.96. The molecule has 0 saturated heterocycles. The van der Waals surface area contributed by atoms with Crippen molar-refractivity contribution in [3.05, 3.63) is 35.2 Å². The molecule has 2 aromatic rings. The number of rotatable bonds is 4. The number of nitrogens with zero attached hydrogens (tertiary/aromatic N) is 2. The molecule has 0 saturated carbocycles. The Morgan fingerprint density at radius 3 is 2.84 bits per heavy atom. The fourth-order valence-electron chi connectivity index (χ4n) is 1.97. The molecule has 1 heterocycles. The number of amides is 1. The zero-order valence-corrected chi connectivity index (χ0v) is 11.9. The summed E-state index contributed by atoms with van der Waals surface area (Å²) < 4.78 is 1.12. The van der Waals surface area contributed by atoms with E-state index in [9.17, 15) is 4.79 Å². The summed E-state index contributed by atoms with van der Waals surface area (Å²) in [5.74, 6) is -0.121. The molecule has 0 aliphatic heterocycles. The van der Waals surface area contributed by atoms with Gasteiger partial charge in [-0.05, 0) is 31.4 Å². The van der Waals surface area contributed by atoms with E-state index >= 15 is 0 Å². The van der Waals surface area contributed by atoms with Crippen LogP contribution < -0.4 is 0 Å². The third-order valence-electron chi connectivity index (χ3n) is 3.02. The first kappa shape index (κ1) is 13.6. The van der Waals surface area contributed by atoms with Crippen molar-refractivity contribution in [2.75, 3.05) is 13.1 Å². The second-order valence-corrected chi connectivity index (χ2v) is 5.61. The van der Waals surface area contributed by atoms with Gasteiger partial charge in [0.05, 0.1) is 16.9 Å². The monoisotopic (exact) mass is 272 g/mol. The van der Waals surface area contributed by atoms with Crippen LogP contribution in [0.4, 0.5) is 0 Å². The van der Waals surface area contributed by atoms with Crippen molar-refractivity contribution >= 4 is 27.3 Å². The van der Waals surface area contributed by atoms with Crippen molar-refractivity contribution < 1.29 is 4.79 Å². The number of benzene rings is 1. The molecule has 1 atom stereocenters. The third-order valence-corrected chi connectivity index (χ3v) is 4.12. The van der Waals surface area contributed by atoms with Gasteiger partial charge < -0.3 is 4.90 Å². The maximum absolute atomic E-state index is 12.4. The van der Waals surface area contributed by atoms with E-state index in [2.05, 4.69) is 6.07 Å². The number of hydrogen-bond acceptors (Lipinski definition) is 3. The largest absolute Gasteiger partial charge is 0.337 e. The second-order valence-electron chi connectivity index (χ2n) is 4.52. The lowest BCUT2D eigenvalue weighted by Crippen LogP contribution is -2.33. The number of fused-ring (bicyclic) bond motifs is 1. The molecule has 2 rings (SSSR count). The molecule has 3 nitrogen and oxygen atoms in total. The molecule has 0 aliphatic carbocycles. The van der Waals surface area contributed by atoms with Crippen LogP contribution in [0.25, 0.3) is 10.1 Å². The highest BCUT2D eigenvalue weighted by molar-refractivity contribution is 7.20. The van der Waals surface area contributed by atoms with Crippen LogP contribution in [0.3, 0.4) is 0 Å². The highest BCUT2D eigenvalue weighted by Gasteiger charge is 2.18. The lowest BCUT2D eigenvalue weighted by molar-refractivity contribution is 0.0757. The molecule has 0 radical (unpaired) electrons. The lowest BCUT2D eigenvalue weighted by atomic mass is 10.2. The van der Waals surface area contributed by atoms with Gasteiger partial charge in [0.1, 0.15) is 0 Å². The molecule has 1 aromatic carbocycles. The number of nitriles is 1. The molecule has 19 heavy (non-hydrogen) atoms. The van der Waals surface area contributed by atoms with E-state index in [1.165, 1.54) is 11.3 Å². The summed E-state index contributed by atoms with van der Waals surface area (Å²) in [6, 6.07) is 12.1. The smallest absolute Gasteiger partial charge is 0.263 e. The fraction of sp³-hybridized carbons (Fsp3) is 0.333. The SMILES string of the molecule is CCN(CC(C)C#N)C(=O)c1cc2ccccc2s1. The second kappa shape index (κ2) is 5.85. The minimum Gasteiger partial charge on any atom is -0.337 e. The Morgan fingerprint density at radius 1 is 1.47 bits per heavy atom. The van der Waals surface area contributed by atoms with Gasteiger partial charge in [-0.2, -0.15) is 5.26 Å². The number of thiophene rings is 1. The van der Waals surface area contributed by atoms with Gasteiger partial charge in [-0.25, -0.2) is 0 Å². The van der Waals surface area contributed by atoms with Crippen molar-refractivity contribution in [2.24, 2.45) is 5.92 Å². The molecule has 98 valence electrons. The number of carbonyl (C=O) groups excluding carboxylic acids is 1. The van der Waals surface area contributed by atoms with Crippen LogP contribution in [0.2, 0.25) is 0 Å². The Morgan fingerprint density at radius 2 is 2.21 bits per heavy atom. The van der Waals surface area contributed by atoms with Gasteiger partial charge >= 0.3 is 0 Å². The number of carbonyl (C=O) groups is 1. The molecule has 0 aliphatic rings. The van der Waals surface area contributed by atoms with Crippen LogP contribution in [-0.4, -0.2) is 23.9 Å². The number of hydrogen-bond donors (Lipinski definition) is 0. The van der Waals surface area contributed by atoms with Crippen LogP contribution in [0, 0.1) is 17.2 Å². The molecule has 1 aromatic heterocycles. The van der Waals surface area contributed by atoms with E-state index in [1.807, 2.05) is 44.2 Å². The Hall–Kier alpha value is -1.86. The minimum atomic E-state index is -0.140. The molecular weight excluding hydrogens is 256 g/mol. The van der Waals surface area contributed by atoms with E-state index in [1.54, 1.807) is 4.90 Å². The molecule has 4 heteroatoms. The van der Waals surface area contributed by atoms with Gasteiger partial charge in [-0.1, -0.05) is 18.2 Å². The zero-order chi connectivity index (χ0) is 13.8. The van der Waals surface area contributed by atoms with E-state index < -0.39 is 0 Å². The van der Waals surface area contributed by atoms with E-state index in [0.717, 1.165) is 15.0 Å². The highest BCUT2D eigenvalue weighted by atomic mass is 32.1. The summed E-state index contributed by atoms with van der Waals surface area (Å²) in [4.78, 5) is 14.9. The van der Waals surface area contributed by atoms with Gasteiger partial charge in [0.15, 0.2) is 0 Å². The van der Waals surface area contributed by atoms with Crippen molar-refractivity contribution in [2.45, 2.75) is 13.8 Å². The molecule has 0 fully saturated rings. The molecule has 0 spiro atoms. The van der Waals surface area contributed by atoms with E-state index in [4.69, 9.17) is 5.26 Å². The first-order chi connectivity index (χ1) is 9.15. The summed E-state index contributed by atoms with van der Waals surface area (Å²) in [6.07, 6.45) is 0. The van der Waals surface area contributed by atoms with Crippen LogP contribution in [-0.2, 0) is 0 Å². The molecule has 0 N–H and O–H groups in total. The summed E-state index contributed by atoms with van der Waals surface area (Å²) in [5.41, 5.74) is 0. The predicted molar refractivity (Wildman–Crippen MR) is 78.2 cm³/mol. The Balaban J connectivity index is 2.24. The van der Waals surface area contributed by atoms with Gasteiger partial charge in [-0.15, -0.1) is 11.3 Å². The average molecular weight is 272 g/mol. The van der Waals surface area contributed by atoms with Crippen LogP contribution in [0.5, 0.6) is 0 Å². The first-order valence-electron chi connectivity index (χ1n) is 6.33. The molecule has 0 bridgehead atoms. The Bertz CT molecular complexity index is 593. The van der Waals surface area contributed by atoms with Crippen molar-refractivity contribution in [3.8, 4) is 6.07 Å². The van der Waals surface area contributed by atoms with Gasteiger partial charge in [0.2, 0.25) is 0 Å². The standard InChI is InChI=1S/C15H16N2OS/c1-3-17(10-11(2)9-16)15(18)14-8-12-6-4-5-7-13(12)19-14/h4-8,11H,3,10H2,1-2H3. The molecule has 1 amide bonds. The van der Waals surface area contributed by atoms with E-state index in [-0.39, 0.29) is 11.8 Å². The highest BCUT2D eigenvalue weighted by Crippen LogP contribution is 2.26. The Kier molecular flexibility index (Phi) is 4.18. The quantitative estimate of drug-likeness (QED) is 0.854. The topological polar surface area (TPSA) is 44.1 Å². The van der Waals surface area contributed by atoms with Crippen LogP contribution in [0.1, 0.15) is 23.5 Å². The van der Waals surface area contributed by atoms with Gasteiger partial charge in [0, 0.05) is 17.8 Å². The summed E-state index contributed by atoms with van der Waals surface area (Å²) >= 11 is 1.51. The normalized spacial score (nSPS) is 12.1. The summed E-state index contributed by atoms with van der Waals surface area (Å²) in [6.45, 7) is 4.88. The lowest BCUT2D eigenvalue weighted by Gasteiger charge is -2.21. The van der Waals surface area contributed by atoms with Crippen LogP contribution >= 0.6 is 11.3 Å². The zero-order valence-electron chi connectivity index (χ0n) is 11.1. The maximum atomic E-state index is 12.4. The van der Waals surface area contributed by atoms with Crippen LogP contribution in [0.15, 0.2) is 30.3 Å². The molecular formula is C15H16N2OS. The fourth-order valence-corrected chi connectivity index (χ4v) is 3.00. The minimum absolute atomic E-state index is 0.0193. The van der Waals surface area contributed by atoms with E-state index in [0.29, 0.717) is 13.1 Å². The summed E-state index contributed by atoms with van der Waals surface area (Å²) in [7, 11) is 0. The van der Waals surface area contributed by atoms with Crippen molar-refractivity contribution in [1.29, 1.82) is 5.26 Å². The van der Waals surface area contributed by atoms with Gasteiger partial charge in [0.25, 0.3) is 5.91 Å². The van der Waals surface area contributed by atoms with Crippen molar-refractivity contribution in [3.63, 3.8) is 0 Å². The third kappa shape index (κ3) is 2.94. The average Bonchev–Trinajstić information content (AvgIpc) is 2.87. The van der Waals surface area contributed by atoms with Crippen molar-refractivity contribution in [1.82, 2.24) is 4.90 Å². The predicted octanol–water partition coefficient (Wildman–Crippen LogP) is 3.52. The van der Waals surface area contributed by atoms with Gasteiger partial charge in [-0.3, -0.25) is 4.79 Å². The molecule has 1 unspecified atom stereocenters. The maximum Gasteiger partial charge on any atom is 0.263 e. The Labute approximate surface area is 117 Å².